The summed E-state index contributed by atoms with van der Waals surface area (Å²) in [6.07, 6.45) is 1.22. The minimum atomic E-state index is -0.355. The molecule has 7 heteroatoms. The summed E-state index contributed by atoms with van der Waals surface area (Å²) in [5.41, 5.74) is 0.516. The maximum absolute atomic E-state index is 12.3. The van der Waals surface area contributed by atoms with Crippen molar-refractivity contribution in [2.45, 2.75) is 26.0 Å². The molecule has 0 aromatic carbocycles. The Hall–Kier alpha value is -1.37. The van der Waals surface area contributed by atoms with Crippen molar-refractivity contribution >= 4 is 23.3 Å². The first-order valence-electron chi connectivity index (χ1n) is 7.06. The SMILES string of the molecule is C[C@H](O)CN1CCN(C(=O)Nc2cccnc2Cl)[C@@H](C)C1. The number of nitrogens with one attached hydrogen (secondary N) is 1. The molecular formula is C14H21ClN4O2. The third-order valence-corrected chi connectivity index (χ3v) is 3.80. The maximum atomic E-state index is 12.3. The van der Waals surface area contributed by atoms with E-state index in [9.17, 15) is 9.90 Å². The number of aliphatic hydroxyl groups is 1. The number of carbonyl (C=O) groups is 1. The van der Waals surface area contributed by atoms with Crippen LogP contribution in [0.15, 0.2) is 18.3 Å². The van der Waals surface area contributed by atoms with Gasteiger partial charge >= 0.3 is 6.03 Å². The van der Waals surface area contributed by atoms with Crippen molar-refractivity contribution in [3.63, 3.8) is 0 Å². The van der Waals surface area contributed by atoms with Crippen LogP contribution in [0.5, 0.6) is 0 Å². The zero-order valence-corrected chi connectivity index (χ0v) is 13.0. The van der Waals surface area contributed by atoms with Crippen molar-refractivity contribution in [3.8, 4) is 0 Å². The molecule has 2 N–H and O–H groups in total. The molecule has 2 rings (SSSR count). The predicted molar refractivity (Wildman–Crippen MR) is 82.6 cm³/mol. The number of carbonyl (C=O) groups excluding carboxylic acids is 1. The number of aliphatic hydroxyl groups excluding tert-OH is 1. The molecule has 0 radical (unpaired) electrons. The highest BCUT2D eigenvalue weighted by Gasteiger charge is 2.28. The van der Waals surface area contributed by atoms with Crippen LogP contribution in [0.1, 0.15) is 13.8 Å². The number of pyridine rings is 1. The van der Waals surface area contributed by atoms with E-state index >= 15 is 0 Å². The van der Waals surface area contributed by atoms with Crippen LogP contribution in [0.25, 0.3) is 0 Å². The van der Waals surface area contributed by atoms with E-state index < -0.39 is 0 Å². The van der Waals surface area contributed by atoms with Crippen LogP contribution in [-0.4, -0.2) is 64.2 Å². The van der Waals surface area contributed by atoms with Gasteiger partial charge in [-0.2, -0.15) is 0 Å². The Bertz CT molecular complexity index is 498. The van der Waals surface area contributed by atoms with Crippen LogP contribution in [0.4, 0.5) is 10.5 Å². The molecule has 0 spiro atoms. The highest BCUT2D eigenvalue weighted by atomic mass is 35.5. The van der Waals surface area contributed by atoms with E-state index in [0.717, 1.165) is 13.1 Å². The Morgan fingerprint density at radius 3 is 3.00 bits per heavy atom. The summed E-state index contributed by atoms with van der Waals surface area (Å²) in [7, 11) is 0. The third kappa shape index (κ3) is 4.30. The highest BCUT2D eigenvalue weighted by molar-refractivity contribution is 6.32. The van der Waals surface area contributed by atoms with Gasteiger partial charge in [0.2, 0.25) is 0 Å². The lowest BCUT2D eigenvalue weighted by Crippen LogP contribution is -2.56. The molecule has 2 amide bonds. The lowest BCUT2D eigenvalue weighted by atomic mass is 10.2. The fourth-order valence-corrected chi connectivity index (χ4v) is 2.71. The summed E-state index contributed by atoms with van der Waals surface area (Å²) in [6, 6.07) is 3.36. The molecule has 116 valence electrons. The lowest BCUT2D eigenvalue weighted by molar-refractivity contribution is 0.0692. The van der Waals surface area contributed by atoms with E-state index in [1.807, 2.05) is 6.92 Å². The molecule has 1 aliphatic rings. The van der Waals surface area contributed by atoms with Gasteiger partial charge in [0.05, 0.1) is 11.8 Å². The number of nitrogens with zero attached hydrogens (tertiary/aromatic N) is 3. The van der Waals surface area contributed by atoms with Gasteiger partial charge in [-0.3, -0.25) is 4.90 Å². The molecule has 1 aromatic heterocycles. The number of piperazine rings is 1. The molecular weight excluding hydrogens is 292 g/mol. The second-order valence-electron chi connectivity index (χ2n) is 5.42. The fraction of sp³-hybridized carbons (Fsp3) is 0.571. The number of aromatic nitrogens is 1. The Morgan fingerprint density at radius 2 is 2.38 bits per heavy atom. The molecule has 1 aliphatic heterocycles. The van der Waals surface area contributed by atoms with E-state index in [-0.39, 0.29) is 23.3 Å². The van der Waals surface area contributed by atoms with E-state index in [1.165, 1.54) is 0 Å². The van der Waals surface area contributed by atoms with Gasteiger partial charge in [-0.25, -0.2) is 9.78 Å². The molecule has 0 saturated carbocycles. The summed E-state index contributed by atoms with van der Waals surface area (Å²) >= 11 is 5.94. The van der Waals surface area contributed by atoms with Crippen LogP contribution in [0.3, 0.4) is 0 Å². The first-order valence-corrected chi connectivity index (χ1v) is 7.43. The standard InChI is InChI=1S/C14H21ClN4O2/c1-10-8-18(9-11(2)20)6-7-19(10)14(21)17-12-4-3-5-16-13(12)15/h3-5,10-11,20H,6-9H2,1-2H3,(H,17,21)/t10-,11-/m0/s1. The number of rotatable bonds is 3. The zero-order valence-electron chi connectivity index (χ0n) is 12.3. The topological polar surface area (TPSA) is 68.7 Å². The van der Waals surface area contributed by atoms with E-state index in [0.29, 0.717) is 18.8 Å². The molecule has 0 bridgehead atoms. The predicted octanol–water partition coefficient (Wildman–Crippen LogP) is 1.65. The van der Waals surface area contributed by atoms with Crippen molar-refractivity contribution in [2.75, 3.05) is 31.5 Å². The third-order valence-electron chi connectivity index (χ3n) is 3.50. The minimum absolute atomic E-state index is 0.0768. The normalized spacial score (nSPS) is 21.1. The van der Waals surface area contributed by atoms with Gasteiger partial charge in [-0.1, -0.05) is 11.6 Å². The van der Waals surface area contributed by atoms with Gasteiger partial charge in [0.25, 0.3) is 0 Å². The summed E-state index contributed by atoms with van der Waals surface area (Å²) in [5.74, 6) is 0. The first-order chi connectivity index (χ1) is 9.97. The average molecular weight is 313 g/mol. The summed E-state index contributed by atoms with van der Waals surface area (Å²) < 4.78 is 0. The Balaban J connectivity index is 1.93. The maximum Gasteiger partial charge on any atom is 0.322 e. The van der Waals surface area contributed by atoms with Crippen molar-refractivity contribution < 1.29 is 9.90 Å². The summed E-state index contributed by atoms with van der Waals surface area (Å²) in [4.78, 5) is 20.2. The number of β-amino-alcohol motifs (C(OH)–C–C–N with tert-alkyl or cyclic N) is 1. The Morgan fingerprint density at radius 1 is 1.62 bits per heavy atom. The molecule has 1 aromatic rings. The molecule has 6 nitrogen and oxygen atoms in total. The van der Waals surface area contributed by atoms with Gasteiger partial charge in [0, 0.05) is 38.4 Å². The summed E-state index contributed by atoms with van der Waals surface area (Å²) in [6.45, 7) is 6.53. The van der Waals surface area contributed by atoms with Crippen LogP contribution in [-0.2, 0) is 0 Å². The van der Waals surface area contributed by atoms with Crippen molar-refractivity contribution in [1.29, 1.82) is 0 Å². The van der Waals surface area contributed by atoms with Crippen LogP contribution in [0.2, 0.25) is 5.15 Å². The highest BCUT2D eigenvalue weighted by Crippen LogP contribution is 2.19. The second-order valence-corrected chi connectivity index (χ2v) is 5.78. The van der Waals surface area contributed by atoms with E-state index in [1.54, 1.807) is 30.2 Å². The average Bonchev–Trinajstić information content (AvgIpc) is 2.40. The fourth-order valence-electron chi connectivity index (χ4n) is 2.54. The minimum Gasteiger partial charge on any atom is -0.392 e. The largest absolute Gasteiger partial charge is 0.392 e. The van der Waals surface area contributed by atoms with E-state index in [4.69, 9.17) is 11.6 Å². The van der Waals surface area contributed by atoms with Crippen molar-refractivity contribution in [1.82, 2.24) is 14.8 Å². The van der Waals surface area contributed by atoms with Crippen LogP contribution in [0, 0.1) is 0 Å². The molecule has 0 unspecified atom stereocenters. The first kappa shape index (κ1) is 16.0. The van der Waals surface area contributed by atoms with Crippen molar-refractivity contribution in [3.05, 3.63) is 23.5 Å². The van der Waals surface area contributed by atoms with Gasteiger partial charge < -0.3 is 15.3 Å². The molecule has 0 aliphatic carbocycles. The summed E-state index contributed by atoms with van der Waals surface area (Å²) in [5, 5.41) is 12.5. The Kier molecular flexibility index (Phi) is 5.39. The number of halogens is 1. The Labute approximate surface area is 129 Å². The molecule has 21 heavy (non-hydrogen) atoms. The number of anilines is 1. The van der Waals surface area contributed by atoms with E-state index in [2.05, 4.69) is 15.2 Å². The van der Waals surface area contributed by atoms with Crippen molar-refractivity contribution in [2.24, 2.45) is 0 Å². The van der Waals surface area contributed by atoms with Gasteiger partial charge in [-0.15, -0.1) is 0 Å². The molecule has 2 heterocycles. The smallest absolute Gasteiger partial charge is 0.322 e. The number of hydrogen-bond donors (Lipinski definition) is 2. The van der Waals surface area contributed by atoms with Gasteiger partial charge in [-0.05, 0) is 26.0 Å². The van der Waals surface area contributed by atoms with Crippen LogP contribution < -0.4 is 5.32 Å². The number of urea groups is 1. The number of hydrogen-bond acceptors (Lipinski definition) is 4. The zero-order chi connectivity index (χ0) is 15.4. The second kappa shape index (κ2) is 7.06. The molecule has 2 atom stereocenters. The van der Waals surface area contributed by atoms with Crippen LogP contribution >= 0.6 is 11.6 Å². The van der Waals surface area contributed by atoms with Gasteiger partial charge in [0.1, 0.15) is 0 Å². The number of amides is 2. The van der Waals surface area contributed by atoms with Gasteiger partial charge in [0.15, 0.2) is 5.15 Å². The molecule has 1 fully saturated rings. The lowest BCUT2D eigenvalue weighted by Gasteiger charge is -2.40. The monoisotopic (exact) mass is 312 g/mol. The molecule has 1 saturated heterocycles. The quantitative estimate of drug-likeness (QED) is 0.833.